The molecule has 0 saturated carbocycles. The van der Waals surface area contributed by atoms with E-state index in [0.717, 1.165) is 36.8 Å². The second-order valence-electron chi connectivity index (χ2n) is 4.37. The zero-order valence-electron chi connectivity index (χ0n) is 10.6. The summed E-state index contributed by atoms with van der Waals surface area (Å²) in [6, 6.07) is 10.1. The number of benzene rings is 1. The first kappa shape index (κ1) is 12.7. The molecule has 0 heterocycles. The van der Waals surface area contributed by atoms with Crippen LogP contribution < -0.4 is 0 Å². The molecule has 1 aliphatic rings. The fourth-order valence-corrected chi connectivity index (χ4v) is 2.24. The smallest absolute Gasteiger partial charge is 0.438 e. The molecule has 18 heavy (non-hydrogen) atoms. The third-order valence-electron chi connectivity index (χ3n) is 3.14. The van der Waals surface area contributed by atoms with Gasteiger partial charge in [0.2, 0.25) is 0 Å². The zero-order valence-corrected chi connectivity index (χ0v) is 10.6. The first-order valence-electron chi connectivity index (χ1n) is 6.31. The van der Waals surface area contributed by atoms with Crippen LogP contribution in [-0.2, 0) is 9.47 Å². The van der Waals surface area contributed by atoms with Crippen molar-refractivity contribution in [3.63, 3.8) is 0 Å². The van der Waals surface area contributed by atoms with Crippen LogP contribution in [0.3, 0.4) is 0 Å². The van der Waals surface area contributed by atoms with Gasteiger partial charge in [-0.05, 0) is 36.8 Å². The fourth-order valence-electron chi connectivity index (χ4n) is 2.24. The number of rotatable bonds is 2. The van der Waals surface area contributed by atoms with Crippen LogP contribution in [0, 0.1) is 0 Å². The summed E-state index contributed by atoms with van der Waals surface area (Å²) in [5.41, 5.74) is 2.21. The molecule has 0 spiro atoms. The highest BCUT2D eigenvalue weighted by molar-refractivity contribution is 5.72. The van der Waals surface area contributed by atoms with E-state index in [1.54, 1.807) is 0 Å². The quantitative estimate of drug-likeness (QED) is 0.745. The SMILES string of the molecule is COC(=O)OC1CCCCC=C1c1ccccc1. The highest BCUT2D eigenvalue weighted by atomic mass is 16.7. The Morgan fingerprint density at radius 2 is 2.00 bits per heavy atom. The lowest BCUT2D eigenvalue weighted by atomic mass is 9.98. The van der Waals surface area contributed by atoms with Gasteiger partial charge in [-0.3, -0.25) is 0 Å². The fraction of sp³-hybridized carbons (Fsp3) is 0.400. The topological polar surface area (TPSA) is 35.5 Å². The average molecular weight is 246 g/mol. The molecule has 3 heteroatoms. The van der Waals surface area contributed by atoms with Gasteiger partial charge in [-0.2, -0.15) is 0 Å². The molecular formula is C15H18O3. The van der Waals surface area contributed by atoms with Crippen molar-refractivity contribution in [1.29, 1.82) is 0 Å². The lowest BCUT2D eigenvalue weighted by molar-refractivity contribution is 0.0528. The van der Waals surface area contributed by atoms with Crippen LogP contribution in [-0.4, -0.2) is 19.4 Å². The van der Waals surface area contributed by atoms with Crippen molar-refractivity contribution in [2.24, 2.45) is 0 Å². The maximum Gasteiger partial charge on any atom is 0.508 e. The number of methoxy groups -OCH3 is 1. The highest BCUT2D eigenvalue weighted by Gasteiger charge is 2.22. The van der Waals surface area contributed by atoms with E-state index >= 15 is 0 Å². The van der Waals surface area contributed by atoms with Gasteiger partial charge in [0.15, 0.2) is 0 Å². The van der Waals surface area contributed by atoms with Crippen molar-refractivity contribution >= 4 is 11.7 Å². The predicted molar refractivity (Wildman–Crippen MR) is 70.2 cm³/mol. The third kappa shape index (κ3) is 3.13. The Labute approximate surface area is 107 Å². The Morgan fingerprint density at radius 3 is 2.72 bits per heavy atom. The van der Waals surface area contributed by atoms with E-state index in [0.29, 0.717) is 0 Å². The monoisotopic (exact) mass is 246 g/mol. The second kappa shape index (κ2) is 6.24. The summed E-state index contributed by atoms with van der Waals surface area (Å²) < 4.78 is 9.95. The van der Waals surface area contributed by atoms with Gasteiger partial charge in [0.1, 0.15) is 6.10 Å². The van der Waals surface area contributed by atoms with E-state index in [1.165, 1.54) is 7.11 Å². The lowest BCUT2D eigenvalue weighted by Gasteiger charge is -2.19. The van der Waals surface area contributed by atoms with Gasteiger partial charge in [-0.15, -0.1) is 0 Å². The van der Waals surface area contributed by atoms with Crippen molar-refractivity contribution < 1.29 is 14.3 Å². The van der Waals surface area contributed by atoms with E-state index in [-0.39, 0.29) is 6.10 Å². The summed E-state index contributed by atoms with van der Waals surface area (Å²) >= 11 is 0. The minimum Gasteiger partial charge on any atom is -0.438 e. The normalized spacial score (nSPS) is 19.6. The number of hydrogen-bond acceptors (Lipinski definition) is 3. The first-order valence-corrected chi connectivity index (χ1v) is 6.31. The Balaban J connectivity index is 2.22. The number of ether oxygens (including phenoxy) is 2. The number of allylic oxidation sites excluding steroid dienone is 1. The predicted octanol–water partition coefficient (Wildman–Crippen LogP) is 3.80. The van der Waals surface area contributed by atoms with Gasteiger partial charge in [0, 0.05) is 0 Å². The van der Waals surface area contributed by atoms with Crippen LogP contribution in [0.25, 0.3) is 5.57 Å². The van der Waals surface area contributed by atoms with E-state index in [1.807, 2.05) is 30.3 Å². The van der Waals surface area contributed by atoms with Crippen molar-refractivity contribution in [2.75, 3.05) is 7.11 Å². The summed E-state index contributed by atoms with van der Waals surface area (Å²) in [6.07, 6.45) is 5.47. The maximum absolute atomic E-state index is 11.3. The molecule has 0 radical (unpaired) electrons. The van der Waals surface area contributed by atoms with Gasteiger partial charge in [0.05, 0.1) is 7.11 Å². The molecule has 0 fully saturated rings. The summed E-state index contributed by atoms with van der Waals surface area (Å²) in [7, 11) is 1.34. The lowest BCUT2D eigenvalue weighted by Crippen LogP contribution is -2.19. The Kier molecular flexibility index (Phi) is 4.40. The standard InChI is InChI=1S/C15H18O3/c1-17-15(16)18-14-11-7-3-6-10-13(14)12-8-4-2-5-9-12/h2,4-5,8-10,14H,3,6-7,11H2,1H3. The van der Waals surface area contributed by atoms with Gasteiger partial charge in [-0.25, -0.2) is 4.79 Å². The van der Waals surface area contributed by atoms with E-state index in [4.69, 9.17) is 4.74 Å². The Bertz CT molecular complexity index is 423. The summed E-state index contributed by atoms with van der Waals surface area (Å²) in [4.78, 5) is 11.3. The summed E-state index contributed by atoms with van der Waals surface area (Å²) in [5.74, 6) is 0. The minimum absolute atomic E-state index is 0.192. The number of carbonyl (C=O) groups excluding carboxylic acids is 1. The highest BCUT2D eigenvalue weighted by Crippen LogP contribution is 2.28. The van der Waals surface area contributed by atoms with Gasteiger partial charge in [0.25, 0.3) is 0 Å². The van der Waals surface area contributed by atoms with Crippen LogP contribution in [0.2, 0.25) is 0 Å². The molecule has 0 aliphatic heterocycles. The van der Waals surface area contributed by atoms with Crippen molar-refractivity contribution in [1.82, 2.24) is 0 Å². The molecule has 0 amide bonds. The molecule has 96 valence electrons. The largest absolute Gasteiger partial charge is 0.508 e. The van der Waals surface area contributed by atoms with Gasteiger partial charge >= 0.3 is 6.16 Å². The Hall–Kier alpha value is -1.77. The van der Waals surface area contributed by atoms with Gasteiger partial charge in [-0.1, -0.05) is 36.4 Å². The minimum atomic E-state index is -0.608. The molecule has 0 saturated heterocycles. The van der Waals surface area contributed by atoms with Crippen LogP contribution in [0.4, 0.5) is 4.79 Å². The number of hydrogen-bond donors (Lipinski definition) is 0. The van der Waals surface area contributed by atoms with E-state index in [2.05, 4.69) is 10.8 Å². The van der Waals surface area contributed by atoms with Crippen molar-refractivity contribution in [3.05, 3.63) is 42.0 Å². The maximum atomic E-state index is 11.3. The van der Waals surface area contributed by atoms with Crippen LogP contribution in [0.5, 0.6) is 0 Å². The number of carbonyl (C=O) groups is 1. The average Bonchev–Trinajstić information content (AvgIpc) is 2.65. The second-order valence-corrected chi connectivity index (χ2v) is 4.37. The van der Waals surface area contributed by atoms with Crippen LogP contribution in [0.15, 0.2) is 36.4 Å². The Morgan fingerprint density at radius 1 is 1.22 bits per heavy atom. The molecule has 0 N–H and O–H groups in total. The molecule has 1 atom stereocenters. The summed E-state index contributed by atoms with van der Waals surface area (Å²) in [6.45, 7) is 0. The molecule has 1 unspecified atom stereocenters. The molecule has 2 rings (SSSR count). The molecule has 1 aromatic rings. The summed E-state index contributed by atoms with van der Waals surface area (Å²) in [5, 5.41) is 0. The molecule has 3 nitrogen and oxygen atoms in total. The van der Waals surface area contributed by atoms with Crippen molar-refractivity contribution in [2.45, 2.75) is 31.8 Å². The molecule has 0 bridgehead atoms. The molecule has 1 aliphatic carbocycles. The molecule has 0 aromatic heterocycles. The van der Waals surface area contributed by atoms with E-state index in [9.17, 15) is 4.79 Å². The van der Waals surface area contributed by atoms with Gasteiger partial charge < -0.3 is 9.47 Å². The first-order chi connectivity index (χ1) is 8.81. The third-order valence-corrected chi connectivity index (χ3v) is 3.14. The van der Waals surface area contributed by atoms with E-state index < -0.39 is 6.16 Å². The van der Waals surface area contributed by atoms with Crippen LogP contribution in [0.1, 0.15) is 31.2 Å². The molecule has 1 aromatic carbocycles. The zero-order chi connectivity index (χ0) is 12.8. The van der Waals surface area contributed by atoms with Crippen LogP contribution >= 0.6 is 0 Å². The van der Waals surface area contributed by atoms with Crippen molar-refractivity contribution in [3.8, 4) is 0 Å². The molecular weight excluding hydrogens is 228 g/mol.